The second-order valence-electron chi connectivity index (χ2n) is 5.45. The second kappa shape index (κ2) is 7.36. The third-order valence-corrected chi connectivity index (χ3v) is 4.57. The van der Waals surface area contributed by atoms with Crippen LogP contribution in [-0.2, 0) is 0 Å². The van der Waals surface area contributed by atoms with Crippen LogP contribution >= 0.6 is 11.3 Å². The normalized spacial score (nSPS) is 10.4. The van der Waals surface area contributed by atoms with Gasteiger partial charge in [-0.25, -0.2) is 4.98 Å². The highest BCUT2D eigenvalue weighted by Gasteiger charge is 2.13. The number of hydrogen-bond donors (Lipinski definition) is 2. The van der Waals surface area contributed by atoms with E-state index in [2.05, 4.69) is 15.6 Å². The van der Waals surface area contributed by atoms with Gasteiger partial charge in [-0.3, -0.25) is 4.79 Å². The number of ether oxygens (including phenoxy) is 1. The summed E-state index contributed by atoms with van der Waals surface area (Å²) in [7, 11) is 3.37. The summed E-state index contributed by atoms with van der Waals surface area (Å²) in [4.78, 5) is 17.0. The van der Waals surface area contributed by atoms with Gasteiger partial charge in [0.1, 0.15) is 5.75 Å². The van der Waals surface area contributed by atoms with E-state index in [1.54, 1.807) is 30.6 Å². The number of amides is 1. The minimum Gasteiger partial charge on any atom is -0.496 e. The van der Waals surface area contributed by atoms with Gasteiger partial charge in [0, 0.05) is 35.4 Å². The zero-order valence-electron chi connectivity index (χ0n) is 14.3. The molecule has 0 atom stereocenters. The predicted molar refractivity (Wildman–Crippen MR) is 103 cm³/mol. The molecule has 0 fully saturated rings. The predicted octanol–water partition coefficient (Wildman–Crippen LogP) is 4.42. The summed E-state index contributed by atoms with van der Waals surface area (Å²) >= 11 is 1.62. The van der Waals surface area contributed by atoms with Crippen LogP contribution in [0, 0.1) is 6.92 Å². The van der Waals surface area contributed by atoms with Crippen molar-refractivity contribution in [2.45, 2.75) is 6.92 Å². The Morgan fingerprint density at radius 3 is 2.44 bits per heavy atom. The fraction of sp³-hybridized carbons (Fsp3) is 0.158. The highest BCUT2D eigenvalue weighted by molar-refractivity contribution is 7.09. The summed E-state index contributed by atoms with van der Waals surface area (Å²) in [6.45, 7) is 1.98. The number of methoxy groups -OCH3 is 1. The molecule has 0 saturated heterocycles. The van der Waals surface area contributed by atoms with E-state index in [0.717, 1.165) is 27.6 Å². The van der Waals surface area contributed by atoms with Gasteiger partial charge in [-0.2, -0.15) is 0 Å². The third kappa shape index (κ3) is 3.80. The molecule has 5 nitrogen and oxygen atoms in total. The fourth-order valence-corrected chi connectivity index (χ4v) is 3.08. The number of aryl methyl sites for hydroxylation is 1. The molecule has 128 valence electrons. The Hall–Kier alpha value is -2.86. The Balaban J connectivity index is 1.77. The molecule has 3 aromatic rings. The van der Waals surface area contributed by atoms with Gasteiger partial charge in [-0.15, -0.1) is 11.3 Å². The van der Waals surface area contributed by atoms with Crippen molar-refractivity contribution < 1.29 is 9.53 Å². The van der Waals surface area contributed by atoms with Gasteiger partial charge < -0.3 is 15.4 Å². The van der Waals surface area contributed by atoms with Crippen molar-refractivity contribution in [1.29, 1.82) is 0 Å². The molecule has 0 bridgehead atoms. The third-order valence-electron chi connectivity index (χ3n) is 3.79. The Morgan fingerprint density at radius 2 is 1.84 bits per heavy atom. The van der Waals surface area contributed by atoms with Crippen molar-refractivity contribution in [3.63, 3.8) is 0 Å². The zero-order chi connectivity index (χ0) is 17.8. The number of hydrogen-bond acceptors (Lipinski definition) is 5. The molecule has 25 heavy (non-hydrogen) atoms. The summed E-state index contributed by atoms with van der Waals surface area (Å²) in [5.74, 6) is 0.315. The first-order chi connectivity index (χ1) is 12.1. The largest absolute Gasteiger partial charge is 0.496 e. The van der Waals surface area contributed by atoms with E-state index in [9.17, 15) is 4.79 Å². The monoisotopic (exact) mass is 353 g/mol. The first kappa shape index (κ1) is 17.0. The van der Waals surface area contributed by atoms with Crippen LogP contribution in [0.2, 0.25) is 0 Å². The van der Waals surface area contributed by atoms with E-state index in [-0.39, 0.29) is 5.91 Å². The van der Waals surface area contributed by atoms with E-state index in [0.29, 0.717) is 11.3 Å². The Bertz CT molecular complexity index is 888. The molecule has 2 N–H and O–H groups in total. The molecule has 0 aliphatic carbocycles. The smallest absolute Gasteiger partial charge is 0.259 e. The van der Waals surface area contributed by atoms with Crippen LogP contribution in [0.3, 0.4) is 0 Å². The summed E-state index contributed by atoms with van der Waals surface area (Å²) in [5.41, 5.74) is 4.07. The highest BCUT2D eigenvalue weighted by atomic mass is 32.1. The topological polar surface area (TPSA) is 63.2 Å². The van der Waals surface area contributed by atoms with Crippen LogP contribution in [0.5, 0.6) is 5.75 Å². The van der Waals surface area contributed by atoms with Gasteiger partial charge in [0.05, 0.1) is 23.4 Å². The van der Waals surface area contributed by atoms with Crippen molar-refractivity contribution in [1.82, 2.24) is 4.98 Å². The van der Waals surface area contributed by atoms with Crippen LogP contribution in [0.1, 0.15) is 15.4 Å². The Labute approximate surface area is 150 Å². The SMILES string of the molecule is CNc1ccc(C(=O)Nc2ccc(-c3csc(C)n3)cc2)c(OC)c1. The Kier molecular flexibility index (Phi) is 5.00. The van der Waals surface area contributed by atoms with Gasteiger partial charge in [0.25, 0.3) is 5.91 Å². The summed E-state index contributed by atoms with van der Waals surface area (Å²) < 4.78 is 5.32. The lowest BCUT2D eigenvalue weighted by molar-refractivity contribution is 0.102. The lowest BCUT2D eigenvalue weighted by atomic mass is 10.1. The molecule has 2 aromatic carbocycles. The van der Waals surface area contributed by atoms with E-state index >= 15 is 0 Å². The van der Waals surface area contributed by atoms with Crippen molar-refractivity contribution >= 4 is 28.6 Å². The number of benzene rings is 2. The highest BCUT2D eigenvalue weighted by Crippen LogP contribution is 2.26. The van der Waals surface area contributed by atoms with Gasteiger partial charge in [-0.05, 0) is 31.2 Å². The Morgan fingerprint density at radius 1 is 1.12 bits per heavy atom. The van der Waals surface area contributed by atoms with Gasteiger partial charge in [-0.1, -0.05) is 12.1 Å². The number of aromatic nitrogens is 1. The minimum absolute atomic E-state index is 0.211. The number of anilines is 2. The zero-order valence-corrected chi connectivity index (χ0v) is 15.1. The van der Waals surface area contributed by atoms with Crippen LogP contribution in [0.4, 0.5) is 11.4 Å². The second-order valence-corrected chi connectivity index (χ2v) is 6.51. The molecule has 1 aromatic heterocycles. The molecular weight excluding hydrogens is 334 g/mol. The number of carbonyl (C=O) groups is 1. The van der Waals surface area contributed by atoms with E-state index in [1.165, 1.54) is 0 Å². The molecule has 0 aliphatic rings. The standard InChI is InChI=1S/C19H19N3O2S/c1-12-21-17(11-25-12)13-4-6-14(7-5-13)22-19(23)16-9-8-15(20-2)10-18(16)24-3/h4-11,20H,1-3H3,(H,22,23). The average molecular weight is 353 g/mol. The van der Waals surface area contributed by atoms with Crippen molar-refractivity contribution in [3.8, 4) is 17.0 Å². The maximum Gasteiger partial charge on any atom is 0.259 e. The molecule has 0 unspecified atom stereocenters. The summed E-state index contributed by atoms with van der Waals surface area (Å²) in [6, 6.07) is 13.0. The van der Waals surface area contributed by atoms with E-state index in [4.69, 9.17) is 4.74 Å². The van der Waals surface area contributed by atoms with Crippen molar-refractivity contribution in [3.05, 3.63) is 58.4 Å². The van der Waals surface area contributed by atoms with Crippen LogP contribution < -0.4 is 15.4 Å². The minimum atomic E-state index is -0.211. The molecule has 6 heteroatoms. The number of carbonyl (C=O) groups excluding carboxylic acids is 1. The molecule has 1 heterocycles. The van der Waals surface area contributed by atoms with E-state index in [1.807, 2.05) is 49.7 Å². The molecule has 0 aliphatic heterocycles. The van der Waals surface area contributed by atoms with Crippen molar-refractivity contribution in [2.75, 3.05) is 24.8 Å². The summed E-state index contributed by atoms with van der Waals surface area (Å²) in [5, 5.41) is 8.98. The van der Waals surface area contributed by atoms with Crippen LogP contribution in [0.25, 0.3) is 11.3 Å². The average Bonchev–Trinajstić information content (AvgIpc) is 3.08. The van der Waals surface area contributed by atoms with Crippen molar-refractivity contribution in [2.24, 2.45) is 0 Å². The lowest BCUT2D eigenvalue weighted by Gasteiger charge is -2.11. The van der Waals surface area contributed by atoms with E-state index < -0.39 is 0 Å². The molecular formula is C19H19N3O2S. The number of nitrogens with one attached hydrogen (secondary N) is 2. The molecule has 3 rings (SSSR count). The number of thiazole rings is 1. The summed E-state index contributed by atoms with van der Waals surface area (Å²) in [6.07, 6.45) is 0. The number of rotatable bonds is 5. The number of nitrogens with zero attached hydrogens (tertiary/aromatic N) is 1. The molecule has 0 saturated carbocycles. The maximum atomic E-state index is 12.5. The van der Waals surface area contributed by atoms with Gasteiger partial charge >= 0.3 is 0 Å². The first-order valence-corrected chi connectivity index (χ1v) is 8.68. The van der Waals surface area contributed by atoms with Gasteiger partial charge in [0.2, 0.25) is 0 Å². The first-order valence-electron chi connectivity index (χ1n) is 7.80. The molecule has 0 radical (unpaired) electrons. The van der Waals surface area contributed by atoms with Gasteiger partial charge in [0.15, 0.2) is 0 Å². The lowest BCUT2D eigenvalue weighted by Crippen LogP contribution is -2.13. The quantitative estimate of drug-likeness (QED) is 0.713. The fourth-order valence-electron chi connectivity index (χ4n) is 2.45. The van der Waals surface area contributed by atoms with Crippen LogP contribution in [-0.4, -0.2) is 25.0 Å². The van der Waals surface area contributed by atoms with Crippen LogP contribution in [0.15, 0.2) is 47.8 Å². The maximum absolute atomic E-state index is 12.5. The molecule has 0 spiro atoms. The molecule has 1 amide bonds.